The van der Waals surface area contributed by atoms with E-state index >= 15 is 0 Å². The van der Waals surface area contributed by atoms with Crippen LogP contribution in [0.15, 0.2) is 65.2 Å². The lowest BCUT2D eigenvalue weighted by atomic mass is 9.77. The van der Waals surface area contributed by atoms with Crippen LogP contribution in [0.1, 0.15) is 29.5 Å². The lowest BCUT2D eigenvalue weighted by Crippen LogP contribution is -2.28. The minimum atomic E-state index is 0.391. The molecule has 4 rings (SSSR count). The van der Waals surface area contributed by atoms with Gasteiger partial charge in [0.25, 0.3) is 0 Å². The van der Waals surface area contributed by atoms with Gasteiger partial charge < -0.3 is 5.32 Å². The van der Waals surface area contributed by atoms with Crippen LogP contribution in [0.2, 0.25) is 0 Å². The summed E-state index contributed by atoms with van der Waals surface area (Å²) in [5, 5.41) is 3.75. The maximum absolute atomic E-state index is 3.75. The minimum absolute atomic E-state index is 0.391. The highest BCUT2D eigenvalue weighted by Gasteiger charge is 2.37. The molecule has 0 fully saturated rings. The van der Waals surface area contributed by atoms with Crippen LogP contribution in [0.25, 0.3) is 0 Å². The van der Waals surface area contributed by atoms with Gasteiger partial charge in [0, 0.05) is 16.1 Å². The van der Waals surface area contributed by atoms with Crippen molar-refractivity contribution in [2.75, 3.05) is 5.32 Å². The molecule has 2 aromatic rings. The molecule has 2 aliphatic rings. The topological polar surface area (TPSA) is 12.0 Å². The van der Waals surface area contributed by atoms with Crippen LogP contribution < -0.4 is 5.32 Å². The molecule has 0 unspecified atom stereocenters. The molecule has 1 aliphatic heterocycles. The number of para-hydroxylation sites is 1. The Balaban J connectivity index is 1.80. The Morgan fingerprint density at radius 1 is 1.05 bits per heavy atom. The van der Waals surface area contributed by atoms with Crippen LogP contribution in [-0.2, 0) is 0 Å². The van der Waals surface area contributed by atoms with E-state index in [2.05, 4.69) is 81.9 Å². The SMILES string of the molecule is Brc1cccc([C@@H]2Nc3ccccc3[C@@H]3C=CC[C@@H]32)c1. The summed E-state index contributed by atoms with van der Waals surface area (Å²) < 4.78 is 1.15. The molecule has 2 heteroatoms. The fraction of sp³-hybridized carbons (Fsp3) is 0.222. The third-order valence-electron chi connectivity index (χ3n) is 4.48. The molecule has 0 saturated carbocycles. The number of hydrogen-bond donors (Lipinski definition) is 1. The zero-order valence-corrected chi connectivity index (χ0v) is 12.7. The summed E-state index contributed by atoms with van der Waals surface area (Å²) in [6, 6.07) is 17.8. The van der Waals surface area contributed by atoms with E-state index in [1.54, 1.807) is 0 Å². The molecule has 0 amide bonds. The molecule has 3 atom stereocenters. The smallest absolute Gasteiger partial charge is 0.0554 e. The summed E-state index contributed by atoms with van der Waals surface area (Å²) >= 11 is 3.59. The molecule has 20 heavy (non-hydrogen) atoms. The van der Waals surface area contributed by atoms with Crippen molar-refractivity contribution in [1.29, 1.82) is 0 Å². The standard InChI is InChI=1S/C18H16BrN/c19-13-6-3-5-12(11-13)18-16-9-4-8-14(16)15-7-1-2-10-17(15)20-18/h1-8,10-11,14,16,18,20H,9H2/t14-,16-,18-/m0/s1. The number of nitrogens with one attached hydrogen (secondary N) is 1. The normalized spacial score (nSPS) is 26.8. The van der Waals surface area contributed by atoms with Crippen LogP contribution in [-0.4, -0.2) is 0 Å². The van der Waals surface area contributed by atoms with Gasteiger partial charge in [0.1, 0.15) is 0 Å². The van der Waals surface area contributed by atoms with Crippen LogP contribution in [0.5, 0.6) is 0 Å². The number of hydrogen-bond acceptors (Lipinski definition) is 1. The molecule has 0 spiro atoms. The summed E-state index contributed by atoms with van der Waals surface area (Å²) in [5.74, 6) is 1.18. The Bertz CT molecular complexity index is 677. The lowest BCUT2D eigenvalue weighted by Gasteiger charge is -2.37. The summed E-state index contributed by atoms with van der Waals surface area (Å²) in [4.78, 5) is 0. The van der Waals surface area contributed by atoms with Gasteiger partial charge in [0.05, 0.1) is 6.04 Å². The molecule has 0 saturated heterocycles. The molecule has 1 N–H and O–H groups in total. The Morgan fingerprint density at radius 3 is 2.85 bits per heavy atom. The van der Waals surface area contributed by atoms with E-state index in [9.17, 15) is 0 Å². The van der Waals surface area contributed by atoms with Crippen molar-refractivity contribution in [1.82, 2.24) is 0 Å². The van der Waals surface area contributed by atoms with Crippen LogP contribution >= 0.6 is 15.9 Å². The van der Waals surface area contributed by atoms with Gasteiger partial charge in [-0.2, -0.15) is 0 Å². The Morgan fingerprint density at radius 2 is 1.95 bits per heavy atom. The first kappa shape index (κ1) is 12.2. The molecule has 0 bridgehead atoms. The first-order chi connectivity index (χ1) is 9.83. The van der Waals surface area contributed by atoms with Crippen molar-refractivity contribution >= 4 is 21.6 Å². The Labute approximate surface area is 127 Å². The highest BCUT2D eigenvalue weighted by atomic mass is 79.9. The molecule has 1 aliphatic carbocycles. The number of halogens is 1. The molecule has 100 valence electrons. The fourth-order valence-electron chi connectivity index (χ4n) is 3.57. The fourth-order valence-corrected chi connectivity index (χ4v) is 3.99. The molecule has 1 nitrogen and oxygen atoms in total. The first-order valence-electron chi connectivity index (χ1n) is 7.10. The summed E-state index contributed by atoms with van der Waals surface area (Å²) in [6.07, 6.45) is 5.88. The lowest BCUT2D eigenvalue weighted by molar-refractivity contribution is 0.425. The van der Waals surface area contributed by atoms with Gasteiger partial charge in [-0.05, 0) is 41.7 Å². The van der Waals surface area contributed by atoms with Crippen molar-refractivity contribution in [3.05, 3.63) is 76.3 Å². The molecule has 1 heterocycles. The van der Waals surface area contributed by atoms with Crippen molar-refractivity contribution < 1.29 is 0 Å². The van der Waals surface area contributed by atoms with Gasteiger partial charge in [-0.25, -0.2) is 0 Å². The van der Waals surface area contributed by atoms with Gasteiger partial charge in [-0.3, -0.25) is 0 Å². The van der Waals surface area contributed by atoms with Crippen LogP contribution in [0.4, 0.5) is 5.69 Å². The number of benzene rings is 2. The van der Waals surface area contributed by atoms with E-state index < -0.39 is 0 Å². The maximum atomic E-state index is 3.75. The average molecular weight is 326 g/mol. The van der Waals surface area contributed by atoms with Crippen molar-refractivity contribution in [2.45, 2.75) is 18.4 Å². The van der Waals surface area contributed by atoms with Crippen molar-refractivity contribution in [3.8, 4) is 0 Å². The monoisotopic (exact) mass is 325 g/mol. The van der Waals surface area contributed by atoms with Gasteiger partial charge in [-0.1, -0.05) is 58.4 Å². The second-order valence-electron chi connectivity index (χ2n) is 5.62. The summed E-state index contributed by atoms with van der Waals surface area (Å²) in [7, 11) is 0. The van der Waals surface area contributed by atoms with E-state index in [4.69, 9.17) is 0 Å². The average Bonchev–Trinajstić information content (AvgIpc) is 2.96. The molecule has 0 radical (unpaired) electrons. The number of fused-ring (bicyclic) bond motifs is 3. The van der Waals surface area contributed by atoms with Gasteiger partial charge in [0.2, 0.25) is 0 Å². The number of rotatable bonds is 1. The third-order valence-corrected chi connectivity index (χ3v) is 4.97. The van der Waals surface area contributed by atoms with E-state index in [0.29, 0.717) is 17.9 Å². The summed E-state index contributed by atoms with van der Waals surface area (Å²) in [6.45, 7) is 0. The van der Waals surface area contributed by atoms with Crippen LogP contribution in [0.3, 0.4) is 0 Å². The largest absolute Gasteiger partial charge is 0.378 e. The molecule has 0 aromatic heterocycles. The quantitative estimate of drug-likeness (QED) is 0.704. The maximum Gasteiger partial charge on any atom is 0.0554 e. The highest BCUT2D eigenvalue weighted by molar-refractivity contribution is 9.10. The molecule has 2 aromatic carbocycles. The minimum Gasteiger partial charge on any atom is -0.378 e. The predicted molar refractivity (Wildman–Crippen MR) is 86.9 cm³/mol. The van der Waals surface area contributed by atoms with E-state index in [0.717, 1.165) is 10.9 Å². The van der Waals surface area contributed by atoms with E-state index in [1.165, 1.54) is 16.8 Å². The number of anilines is 1. The zero-order valence-electron chi connectivity index (χ0n) is 11.1. The Hall–Kier alpha value is -1.54. The van der Waals surface area contributed by atoms with Crippen molar-refractivity contribution in [3.63, 3.8) is 0 Å². The van der Waals surface area contributed by atoms with Crippen molar-refractivity contribution in [2.24, 2.45) is 5.92 Å². The highest BCUT2D eigenvalue weighted by Crippen LogP contribution is 2.49. The second kappa shape index (κ2) is 4.78. The third kappa shape index (κ3) is 1.90. The van der Waals surface area contributed by atoms with Gasteiger partial charge in [0.15, 0.2) is 0 Å². The van der Waals surface area contributed by atoms with Gasteiger partial charge >= 0.3 is 0 Å². The first-order valence-corrected chi connectivity index (χ1v) is 7.90. The van der Waals surface area contributed by atoms with E-state index in [1.807, 2.05) is 0 Å². The summed E-state index contributed by atoms with van der Waals surface area (Å²) in [5.41, 5.74) is 4.09. The molecular formula is C18H16BrN. The van der Waals surface area contributed by atoms with Crippen LogP contribution in [0, 0.1) is 5.92 Å². The Kier molecular flexibility index (Phi) is 2.92. The number of allylic oxidation sites excluding steroid dienone is 2. The molecular weight excluding hydrogens is 310 g/mol. The second-order valence-corrected chi connectivity index (χ2v) is 6.53. The van der Waals surface area contributed by atoms with E-state index in [-0.39, 0.29) is 0 Å². The zero-order chi connectivity index (χ0) is 13.5. The van der Waals surface area contributed by atoms with Gasteiger partial charge in [-0.15, -0.1) is 0 Å². The predicted octanol–water partition coefficient (Wildman–Crippen LogP) is 5.28.